The first-order chi connectivity index (χ1) is 18.8. The summed E-state index contributed by atoms with van der Waals surface area (Å²) in [4.78, 5) is 63.0. The zero-order chi connectivity index (χ0) is 30.8. The highest BCUT2D eigenvalue weighted by Crippen LogP contribution is 2.66. The van der Waals surface area contributed by atoms with E-state index in [1.165, 1.54) is 6.20 Å². The Labute approximate surface area is 233 Å². The molecule has 1 aliphatic heterocycles. The summed E-state index contributed by atoms with van der Waals surface area (Å²) in [6, 6.07) is 7.67. The van der Waals surface area contributed by atoms with E-state index >= 15 is 0 Å². The molecule has 1 aromatic heterocycles. The fourth-order valence-corrected chi connectivity index (χ4v) is 7.03. The van der Waals surface area contributed by atoms with Crippen LogP contribution in [-0.2, 0) is 54.9 Å². The molecule has 41 heavy (non-hydrogen) atoms. The second kappa shape index (κ2) is 12.8. The summed E-state index contributed by atoms with van der Waals surface area (Å²) in [5.41, 5.74) is 0.351. The second-order valence-corrected chi connectivity index (χ2v) is 14.5. The van der Waals surface area contributed by atoms with Crippen molar-refractivity contribution in [1.29, 1.82) is 0 Å². The van der Waals surface area contributed by atoms with Gasteiger partial charge in [0.25, 0.3) is 5.56 Å². The summed E-state index contributed by atoms with van der Waals surface area (Å²) in [6.07, 6.45) is -2.93. The maximum Gasteiger partial charge on any atom is 0.490 e. The summed E-state index contributed by atoms with van der Waals surface area (Å²) in [5, 5.41) is 10.3. The van der Waals surface area contributed by atoms with Crippen LogP contribution in [0, 0.1) is 0 Å². The molecule has 2 heterocycles. The van der Waals surface area contributed by atoms with Crippen molar-refractivity contribution in [2.24, 2.45) is 0 Å². The quantitative estimate of drug-likeness (QED) is 0.179. The number of H-pyrrole nitrogens is 1. The molecular formula is C21H31N2O15P3. The van der Waals surface area contributed by atoms with Crippen LogP contribution < -0.4 is 11.2 Å². The molecule has 6 N–H and O–H groups in total. The zero-order valence-corrected chi connectivity index (χ0v) is 24.7. The van der Waals surface area contributed by atoms with Gasteiger partial charge >= 0.3 is 29.2 Å². The van der Waals surface area contributed by atoms with Gasteiger partial charge in [-0.3, -0.25) is 18.9 Å². The fourth-order valence-electron chi connectivity index (χ4n) is 4.00. The number of hydrogen-bond acceptors (Lipinski definition) is 11. The van der Waals surface area contributed by atoms with Gasteiger partial charge in [0, 0.05) is 12.6 Å². The first-order valence-corrected chi connectivity index (χ1v) is 16.4. The zero-order valence-electron chi connectivity index (χ0n) is 22.1. The van der Waals surface area contributed by atoms with Gasteiger partial charge in [0.05, 0.1) is 31.5 Å². The number of nitrogens with one attached hydrogen (secondary N) is 1. The van der Waals surface area contributed by atoms with Crippen molar-refractivity contribution >= 4 is 23.5 Å². The van der Waals surface area contributed by atoms with Gasteiger partial charge in [-0.1, -0.05) is 45.0 Å². The predicted octanol–water partition coefficient (Wildman–Crippen LogP) is 1.54. The molecule has 1 aromatic carbocycles. The summed E-state index contributed by atoms with van der Waals surface area (Å²) >= 11 is 0. The van der Waals surface area contributed by atoms with Crippen molar-refractivity contribution < 1.29 is 61.0 Å². The molecule has 3 rings (SSSR count). The number of rotatable bonds is 12. The number of ether oxygens (including phenoxy) is 2. The Balaban J connectivity index is 1.65. The Morgan fingerprint density at radius 1 is 1.00 bits per heavy atom. The molecule has 2 aromatic rings. The lowest BCUT2D eigenvalue weighted by Crippen LogP contribution is -2.34. The Hall–Kier alpha value is -1.81. The van der Waals surface area contributed by atoms with Crippen LogP contribution in [-0.4, -0.2) is 53.0 Å². The number of phosphoric acid groups is 3. The molecule has 0 radical (unpaired) electrons. The topological polar surface area (TPSA) is 253 Å². The Kier molecular flexibility index (Phi) is 10.5. The van der Waals surface area contributed by atoms with E-state index in [-0.39, 0.29) is 30.6 Å². The molecule has 1 aliphatic rings. The highest BCUT2D eigenvalue weighted by atomic mass is 31.3. The normalized spacial score (nSPS) is 22.8. The SMILES string of the molecule is CC(C)(C)c1ccccc1COCc1cn([C@H]2CC(O)[C@@H](COP(=O)(O)OP(=O)(O)OP(=O)(O)O)O2)c(=O)[nH]c1=O. The molecule has 230 valence electrons. The number of benzene rings is 1. The molecule has 17 nitrogen and oxygen atoms in total. The van der Waals surface area contributed by atoms with Crippen molar-refractivity contribution in [3.8, 4) is 0 Å². The van der Waals surface area contributed by atoms with Crippen LogP contribution >= 0.6 is 23.5 Å². The number of nitrogens with zero attached hydrogens (tertiary/aromatic N) is 1. The molecule has 0 aliphatic carbocycles. The smallest absolute Gasteiger partial charge is 0.390 e. The summed E-state index contributed by atoms with van der Waals surface area (Å²) in [7, 11) is -16.7. The van der Waals surface area contributed by atoms with Gasteiger partial charge in [-0.25, -0.2) is 18.5 Å². The van der Waals surface area contributed by atoms with Crippen LogP contribution in [0.4, 0.5) is 0 Å². The molecule has 1 saturated heterocycles. The third-order valence-corrected chi connectivity index (χ3v) is 9.52. The molecule has 20 heteroatoms. The monoisotopic (exact) mass is 644 g/mol. The highest BCUT2D eigenvalue weighted by molar-refractivity contribution is 7.66. The molecule has 0 spiro atoms. The minimum Gasteiger partial charge on any atom is -0.390 e. The predicted molar refractivity (Wildman–Crippen MR) is 139 cm³/mol. The van der Waals surface area contributed by atoms with E-state index in [1.54, 1.807) is 0 Å². The molecule has 1 fully saturated rings. The third-order valence-electron chi connectivity index (χ3n) is 5.71. The van der Waals surface area contributed by atoms with Crippen LogP contribution in [0.5, 0.6) is 0 Å². The van der Waals surface area contributed by atoms with Crippen molar-refractivity contribution in [2.45, 2.75) is 64.3 Å². The summed E-state index contributed by atoms with van der Waals surface area (Å²) < 4.78 is 58.1. The maximum atomic E-state index is 12.5. The number of aliphatic hydroxyl groups excluding tert-OH is 1. The van der Waals surface area contributed by atoms with E-state index in [2.05, 4.69) is 38.9 Å². The van der Waals surface area contributed by atoms with Gasteiger partial charge in [-0.2, -0.15) is 8.62 Å². The van der Waals surface area contributed by atoms with E-state index in [9.17, 15) is 38.2 Å². The largest absolute Gasteiger partial charge is 0.490 e. The minimum atomic E-state index is -5.72. The van der Waals surface area contributed by atoms with Crippen LogP contribution in [0.25, 0.3) is 0 Å². The maximum absolute atomic E-state index is 12.5. The summed E-state index contributed by atoms with van der Waals surface area (Å²) in [5.74, 6) is 0. The number of phosphoric ester groups is 1. The Morgan fingerprint density at radius 2 is 1.63 bits per heavy atom. The number of aliphatic hydroxyl groups is 1. The van der Waals surface area contributed by atoms with Gasteiger partial charge in [0.1, 0.15) is 12.3 Å². The van der Waals surface area contributed by atoms with E-state index in [0.29, 0.717) is 0 Å². The van der Waals surface area contributed by atoms with E-state index in [1.807, 2.05) is 24.3 Å². The van der Waals surface area contributed by atoms with Crippen molar-refractivity contribution in [1.82, 2.24) is 9.55 Å². The molecule has 3 unspecified atom stereocenters. The second-order valence-electron chi connectivity index (χ2n) is 10.0. The highest BCUT2D eigenvalue weighted by Gasteiger charge is 2.43. The average Bonchev–Trinajstić information content (AvgIpc) is 3.16. The van der Waals surface area contributed by atoms with Crippen LogP contribution in [0.3, 0.4) is 0 Å². The van der Waals surface area contributed by atoms with Crippen molar-refractivity contribution in [3.63, 3.8) is 0 Å². The van der Waals surface area contributed by atoms with Crippen LogP contribution in [0.1, 0.15) is 50.1 Å². The van der Waals surface area contributed by atoms with E-state index < -0.39 is 59.8 Å². The first kappa shape index (κ1) is 33.7. The lowest BCUT2D eigenvalue weighted by molar-refractivity contribution is -0.0452. The van der Waals surface area contributed by atoms with Gasteiger partial charge < -0.3 is 34.2 Å². The number of hydrogen-bond donors (Lipinski definition) is 6. The van der Waals surface area contributed by atoms with Crippen molar-refractivity contribution in [2.75, 3.05) is 6.61 Å². The number of aromatic amines is 1. The molecule has 5 atom stereocenters. The minimum absolute atomic E-state index is 0.0765. The Morgan fingerprint density at radius 3 is 2.27 bits per heavy atom. The van der Waals surface area contributed by atoms with Gasteiger partial charge in [-0.05, 0) is 16.5 Å². The molecule has 0 amide bonds. The standard InChI is InChI=1S/C21H31N2O15P3/c1-21(2,3)15-7-5-4-6-13(15)10-34-11-14-9-23(20(26)22-19(14)25)18-8-16(24)17(36-18)12-35-40(30,31)38-41(32,33)37-39(27,28)29/h4-7,9,16-18,24H,8,10-12H2,1-3H3,(H,30,31)(H,32,33)(H,22,25,26)(H2,27,28,29)/t16?,17-,18-/m1/s1. The van der Waals surface area contributed by atoms with Crippen LogP contribution in [0.15, 0.2) is 40.1 Å². The fraction of sp³-hybridized carbons (Fsp3) is 0.524. The molecule has 0 bridgehead atoms. The van der Waals surface area contributed by atoms with Crippen molar-refractivity contribution in [3.05, 3.63) is 68.0 Å². The van der Waals surface area contributed by atoms with E-state index in [0.717, 1.165) is 15.7 Å². The molecular weight excluding hydrogens is 613 g/mol. The lowest BCUT2D eigenvalue weighted by atomic mass is 9.84. The van der Waals surface area contributed by atoms with Gasteiger partial charge in [-0.15, -0.1) is 0 Å². The van der Waals surface area contributed by atoms with E-state index in [4.69, 9.17) is 19.3 Å². The third kappa shape index (κ3) is 9.87. The van der Waals surface area contributed by atoms with Gasteiger partial charge in [0.15, 0.2) is 0 Å². The first-order valence-electron chi connectivity index (χ1n) is 11.9. The molecule has 0 saturated carbocycles. The van der Waals surface area contributed by atoms with Gasteiger partial charge in [0.2, 0.25) is 0 Å². The Bertz CT molecular complexity index is 1490. The lowest BCUT2D eigenvalue weighted by Gasteiger charge is -2.22. The van der Waals surface area contributed by atoms with Crippen LogP contribution in [0.2, 0.25) is 0 Å². The average molecular weight is 644 g/mol. The number of aromatic nitrogens is 2. The summed E-state index contributed by atoms with van der Waals surface area (Å²) in [6.45, 7) is 5.27.